The van der Waals surface area contributed by atoms with Crippen LogP contribution in [0.5, 0.6) is 0 Å². The molecule has 4 rings (SSSR count). The third kappa shape index (κ3) is 2.85. The summed E-state index contributed by atoms with van der Waals surface area (Å²) in [5, 5.41) is 4.29. The van der Waals surface area contributed by atoms with Crippen LogP contribution in [-0.2, 0) is 11.3 Å². The second-order valence-corrected chi connectivity index (χ2v) is 7.31. The van der Waals surface area contributed by atoms with Gasteiger partial charge in [-0.1, -0.05) is 13.0 Å². The van der Waals surface area contributed by atoms with Crippen LogP contribution in [0, 0.1) is 5.92 Å². The molecule has 128 valence electrons. The molecule has 2 aliphatic rings. The van der Waals surface area contributed by atoms with Crippen molar-refractivity contribution in [1.29, 1.82) is 0 Å². The van der Waals surface area contributed by atoms with Crippen molar-refractivity contribution in [3.8, 4) is 0 Å². The zero-order valence-electron chi connectivity index (χ0n) is 14.1. The van der Waals surface area contributed by atoms with Crippen molar-refractivity contribution in [2.24, 2.45) is 5.92 Å². The number of pyridine rings is 1. The smallest absolute Gasteiger partial charge is 0.335 e. The van der Waals surface area contributed by atoms with Gasteiger partial charge in [-0.05, 0) is 56.6 Å². The minimum atomic E-state index is -0.244. The normalized spacial score (nSPS) is 24.2. The summed E-state index contributed by atoms with van der Waals surface area (Å²) in [5.74, 6) is 0.807. The maximum atomic E-state index is 12.9. The molecule has 6 nitrogen and oxygen atoms in total. The van der Waals surface area contributed by atoms with Crippen molar-refractivity contribution in [3.05, 3.63) is 34.9 Å². The third-order valence-corrected chi connectivity index (χ3v) is 5.38. The number of rotatable bonds is 4. The summed E-state index contributed by atoms with van der Waals surface area (Å²) in [4.78, 5) is 27.4. The van der Waals surface area contributed by atoms with Gasteiger partial charge in [0, 0.05) is 18.3 Å². The molecule has 2 aromatic rings. The van der Waals surface area contributed by atoms with Crippen molar-refractivity contribution in [3.63, 3.8) is 0 Å². The van der Waals surface area contributed by atoms with E-state index in [1.807, 2.05) is 6.07 Å². The number of amides is 1. The van der Waals surface area contributed by atoms with Gasteiger partial charge in [0.15, 0.2) is 5.65 Å². The van der Waals surface area contributed by atoms with Crippen LogP contribution >= 0.6 is 0 Å². The van der Waals surface area contributed by atoms with Gasteiger partial charge in [0.1, 0.15) is 6.54 Å². The number of nitrogens with zero attached hydrogens (tertiary/aromatic N) is 4. The number of aromatic nitrogens is 3. The monoisotopic (exact) mass is 328 g/mol. The summed E-state index contributed by atoms with van der Waals surface area (Å²) >= 11 is 0. The highest BCUT2D eigenvalue weighted by molar-refractivity contribution is 5.77. The predicted octanol–water partition coefficient (Wildman–Crippen LogP) is 2.07. The van der Waals surface area contributed by atoms with Gasteiger partial charge in [0.05, 0.1) is 0 Å². The molecule has 6 heteroatoms. The fourth-order valence-electron chi connectivity index (χ4n) is 3.86. The molecular formula is C18H24N4O2. The lowest BCUT2D eigenvalue weighted by Gasteiger charge is -2.36. The Morgan fingerprint density at radius 1 is 1.17 bits per heavy atom. The molecular weight excluding hydrogens is 304 g/mol. The van der Waals surface area contributed by atoms with Crippen LogP contribution < -0.4 is 5.69 Å². The Balaban J connectivity index is 1.54. The summed E-state index contributed by atoms with van der Waals surface area (Å²) in [6.45, 7) is 2.33. The molecule has 1 amide bonds. The van der Waals surface area contributed by atoms with Crippen molar-refractivity contribution >= 4 is 11.6 Å². The van der Waals surface area contributed by atoms with Crippen LogP contribution in [0.15, 0.2) is 29.2 Å². The molecule has 0 unspecified atom stereocenters. The molecule has 0 bridgehead atoms. The molecule has 2 heterocycles. The second-order valence-electron chi connectivity index (χ2n) is 7.31. The Hall–Kier alpha value is -2.11. The van der Waals surface area contributed by atoms with Crippen LogP contribution in [-0.4, -0.2) is 37.1 Å². The quantitative estimate of drug-likeness (QED) is 0.863. The molecule has 2 fully saturated rings. The van der Waals surface area contributed by atoms with Crippen LogP contribution in [0.3, 0.4) is 0 Å². The van der Waals surface area contributed by atoms with Crippen molar-refractivity contribution < 1.29 is 4.79 Å². The fourth-order valence-corrected chi connectivity index (χ4v) is 3.86. The minimum Gasteiger partial charge on any atom is -0.335 e. The van der Waals surface area contributed by atoms with E-state index in [1.165, 1.54) is 21.9 Å². The molecule has 2 saturated carbocycles. The number of hydrogen-bond acceptors (Lipinski definition) is 3. The highest BCUT2D eigenvalue weighted by atomic mass is 16.2. The van der Waals surface area contributed by atoms with E-state index in [4.69, 9.17) is 0 Å². The van der Waals surface area contributed by atoms with Crippen molar-refractivity contribution in [2.45, 2.75) is 64.1 Å². The molecule has 2 aliphatic carbocycles. The van der Waals surface area contributed by atoms with Gasteiger partial charge in [-0.25, -0.2) is 9.48 Å². The second kappa shape index (κ2) is 6.07. The zero-order valence-corrected chi connectivity index (χ0v) is 14.1. The SMILES string of the molecule is CC1CCC(N(C(=O)Cn2nc3ccccn3c2=O)C2CC2)CC1. The summed E-state index contributed by atoms with van der Waals surface area (Å²) in [6.07, 6.45) is 8.43. The Bertz CT molecular complexity index is 797. The number of carbonyl (C=O) groups is 1. The van der Waals surface area contributed by atoms with Gasteiger partial charge < -0.3 is 4.90 Å². The maximum Gasteiger partial charge on any atom is 0.350 e. The maximum absolute atomic E-state index is 12.9. The molecule has 0 aromatic carbocycles. The van der Waals surface area contributed by atoms with Crippen LogP contribution in [0.2, 0.25) is 0 Å². The van der Waals surface area contributed by atoms with Crippen molar-refractivity contribution in [1.82, 2.24) is 19.1 Å². The van der Waals surface area contributed by atoms with Gasteiger partial charge in [-0.3, -0.25) is 9.20 Å². The van der Waals surface area contributed by atoms with E-state index >= 15 is 0 Å². The third-order valence-electron chi connectivity index (χ3n) is 5.38. The van der Waals surface area contributed by atoms with Gasteiger partial charge in [0.25, 0.3) is 0 Å². The van der Waals surface area contributed by atoms with E-state index in [2.05, 4.69) is 16.9 Å². The summed E-state index contributed by atoms with van der Waals surface area (Å²) in [5.41, 5.74) is 0.340. The van der Waals surface area contributed by atoms with Crippen LogP contribution in [0.25, 0.3) is 5.65 Å². The van der Waals surface area contributed by atoms with E-state index < -0.39 is 0 Å². The molecule has 2 aromatic heterocycles. The Morgan fingerprint density at radius 3 is 2.46 bits per heavy atom. The average molecular weight is 328 g/mol. The molecule has 0 N–H and O–H groups in total. The van der Waals surface area contributed by atoms with Crippen LogP contribution in [0.1, 0.15) is 45.4 Å². The lowest BCUT2D eigenvalue weighted by Crippen LogP contribution is -2.46. The predicted molar refractivity (Wildman–Crippen MR) is 90.7 cm³/mol. The number of carbonyl (C=O) groups excluding carboxylic acids is 1. The standard InChI is InChI=1S/C18H24N4O2/c1-13-5-7-14(8-6-13)22(15-9-10-15)17(23)12-21-18(24)20-11-3-2-4-16(20)19-21/h2-4,11,13-15H,5-10,12H2,1H3. The average Bonchev–Trinajstić information content (AvgIpc) is 3.36. The first-order valence-corrected chi connectivity index (χ1v) is 8.99. The van der Waals surface area contributed by atoms with Gasteiger partial charge in [-0.15, -0.1) is 5.10 Å². The molecule has 0 radical (unpaired) electrons. The minimum absolute atomic E-state index is 0.0440. The van der Waals surface area contributed by atoms with E-state index in [1.54, 1.807) is 18.3 Å². The highest BCUT2D eigenvalue weighted by Gasteiger charge is 2.38. The number of fused-ring (bicyclic) bond motifs is 1. The van der Waals surface area contributed by atoms with Crippen molar-refractivity contribution in [2.75, 3.05) is 0 Å². The first-order valence-electron chi connectivity index (χ1n) is 8.99. The summed E-state index contributed by atoms with van der Waals surface area (Å²) in [6, 6.07) is 6.14. The molecule has 0 saturated heterocycles. The summed E-state index contributed by atoms with van der Waals surface area (Å²) < 4.78 is 2.79. The first kappa shape index (κ1) is 15.4. The van der Waals surface area contributed by atoms with E-state index in [0.717, 1.165) is 31.6 Å². The Morgan fingerprint density at radius 2 is 1.83 bits per heavy atom. The highest BCUT2D eigenvalue weighted by Crippen LogP contribution is 2.35. The van der Waals surface area contributed by atoms with Crippen LogP contribution in [0.4, 0.5) is 0 Å². The van der Waals surface area contributed by atoms with Gasteiger partial charge in [0.2, 0.25) is 5.91 Å². The largest absolute Gasteiger partial charge is 0.350 e. The number of hydrogen-bond donors (Lipinski definition) is 0. The Labute approximate surface area is 141 Å². The molecule has 0 aliphatic heterocycles. The lowest BCUT2D eigenvalue weighted by atomic mass is 9.86. The zero-order chi connectivity index (χ0) is 16.7. The first-order chi connectivity index (χ1) is 11.6. The molecule has 0 atom stereocenters. The van der Waals surface area contributed by atoms with Gasteiger partial charge >= 0.3 is 5.69 Å². The fraction of sp³-hybridized carbons (Fsp3) is 0.611. The van der Waals surface area contributed by atoms with E-state index in [9.17, 15) is 9.59 Å². The topological polar surface area (TPSA) is 59.6 Å². The summed E-state index contributed by atoms with van der Waals surface area (Å²) in [7, 11) is 0. The molecule has 0 spiro atoms. The van der Waals surface area contributed by atoms with E-state index in [-0.39, 0.29) is 18.1 Å². The molecule has 24 heavy (non-hydrogen) atoms. The lowest BCUT2D eigenvalue weighted by molar-refractivity contribution is -0.136. The Kier molecular flexibility index (Phi) is 3.90. The van der Waals surface area contributed by atoms with Gasteiger partial charge in [-0.2, -0.15) is 0 Å². The van der Waals surface area contributed by atoms with E-state index in [0.29, 0.717) is 17.7 Å².